The number of aromatic nitrogens is 3. The van der Waals surface area contributed by atoms with Crippen LogP contribution in [0, 0.1) is 6.85 Å². The van der Waals surface area contributed by atoms with Crippen LogP contribution in [0.1, 0.15) is 97.6 Å². The Morgan fingerprint density at radius 1 is 0.684 bits per heavy atom. The van der Waals surface area contributed by atoms with Gasteiger partial charge in [-0.25, -0.2) is 4.98 Å². The van der Waals surface area contributed by atoms with Gasteiger partial charge in [-0.15, -0.1) is 0 Å². The van der Waals surface area contributed by atoms with Crippen molar-refractivity contribution in [1.29, 1.82) is 0 Å². The average Bonchev–Trinajstić information content (AvgIpc) is 3.68. The topological polar surface area (TPSA) is 50.9 Å². The summed E-state index contributed by atoms with van der Waals surface area (Å²) in [6.07, 6.45) is -0.533. The van der Waals surface area contributed by atoms with Crippen LogP contribution in [0.3, 0.4) is 0 Å². The lowest BCUT2D eigenvalue weighted by molar-refractivity contribution is 0.466. The maximum Gasteiger partial charge on any atom is 0.149 e. The molecule has 2 heterocycles. The van der Waals surface area contributed by atoms with Crippen LogP contribution in [0.2, 0.25) is 0 Å². The fourth-order valence-corrected chi connectivity index (χ4v) is 7.27. The lowest BCUT2D eigenvalue weighted by Gasteiger charge is -2.22. The Labute approximate surface area is 353 Å². The van der Waals surface area contributed by atoms with Gasteiger partial charge in [-0.05, 0) is 112 Å². The van der Waals surface area contributed by atoms with Crippen molar-refractivity contribution in [2.24, 2.45) is 0 Å². The molecule has 0 aliphatic rings. The van der Waals surface area contributed by atoms with E-state index >= 15 is 0 Å². The number of para-hydroxylation sites is 1. The minimum Gasteiger partial charge on any atom is -0.507 e. The second-order valence-corrected chi connectivity index (χ2v) is 16.1. The number of hydrogen-bond acceptors (Lipinski definition) is 3. The molecule has 4 nitrogen and oxygen atoms in total. The van der Waals surface area contributed by atoms with Crippen LogP contribution in [0.25, 0.3) is 72.7 Å². The Bertz CT molecular complexity index is 3290. The van der Waals surface area contributed by atoms with Gasteiger partial charge in [-0.2, -0.15) is 0 Å². The van der Waals surface area contributed by atoms with Gasteiger partial charge in [0, 0.05) is 27.0 Å². The van der Waals surface area contributed by atoms with Crippen molar-refractivity contribution in [1.82, 2.24) is 14.5 Å². The second-order valence-electron chi connectivity index (χ2n) is 16.1. The highest BCUT2D eigenvalue weighted by molar-refractivity contribution is 5.98. The fraction of sp³-hybridized carbons (Fsp3) is 0.208. The number of hydrogen-bond donors (Lipinski definition) is 1. The Hall–Kier alpha value is -6.26. The number of imidazole rings is 1. The summed E-state index contributed by atoms with van der Waals surface area (Å²) in [6, 6.07) is 26.1. The van der Waals surface area contributed by atoms with Gasteiger partial charge in [0.2, 0.25) is 0 Å². The molecular weight excluding hydrogens is 695 g/mol. The molecule has 57 heavy (non-hydrogen) atoms. The zero-order valence-corrected chi connectivity index (χ0v) is 33.2. The SMILES string of the molecule is [2H]c1nc(-c2cc(-c3cccc4c3nc(-c3cc(C(C)C)cc(C(C)C)c3O)n4-c3ccc(C([2H])([2H])[2H])cc3-c3ccccc3)cc(C(C)(C)C)c2)c([2H])c(-c2c([2H])c([2H])c([2H])c([2H])c2[2H])c1[2H]. The van der Waals surface area contributed by atoms with Crippen molar-refractivity contribution in [2.45, 2.75) is 72.6 Å². The molecule has 1 N–H and O–H groups in total. The quantitative estimate of drug-likeness (QED) is 0.168. The molecule has 0 bridgehead atoms. The molecule has 0 atom stereocenters. The molecule has 6 aromatic carbocycles. The van der Waals surface area contributed by atoms with Gasteiger partial charge in [0.15, 0.2) is 0 Å². The fourth-order valence-electron chi connectivity index (χ4n) is 7.27. The summed E-state index contributed by atoms with van der Waals surface area (Å²) in [5.41, 5.74) is 7.03. The number of benzene rings is 6. The predicted molar refractivity (Wildman–Crippen MR) is 239 cm³/mol. The average molecular weight is 757 g/mol. The van der Waals surface area contributed by atoms with Gasteiger partial charge in [0.1, 0.15) is 11.6 Å². The first-order valence-corrected chi connectivity index (χ1v) is 19.2. The molecule has 0 saturated carbocycles. The number of aromatic hydroxyl groups is 1. The molecule has 0 amide bonds. The Kier molecular flexibility index (Phi) is 6.99. The molecule has 0 fully saturated rings. The Morgan fingerprint density at radius 2 is 1.46 bits per heavy atom. The smallest absolute Gasteiger partial charge is 0.149 e. The minimum atomic E-state index is -2.40. The third-order valence-electron chi connectivity index (χ3n) is 10.4. The number of aryl methyl sites for hydroxylation is 1. The summed E-state index contributed by atoms with van der Waals surface area (Å²) in [4.78, 5) is 9.87. The summed E-state index contributed by atoms with van der Waals surface area (Å²) in [5.74, 6) is 0.557. The van der Waals surface area contributed by atoms with Gasteiger partial charge in [-0.3, -0.25) is 9.55 Å². The molecule has 0 aliphatic carbocycles. The van der Waals surface area contributed by atoms with E-state index in [4.69, 9.17) is 18.7 Å². The minimum absolute atomic E-state index is 0.0166. The van der Waals surface area contributed by atoms with Crippen LogP contribution in [0.15, 0.2) is 146 Å². The van der Waals surface area contributed by atoms with E-state index < -0.39 is 54.7 Å². The van der Waals surface area contributed by atoms with Crippen LogP contribution in [0.4, 0.5) is 0 Å². The van der Waals surface area contributed by atoms with Crippen molar-refractivity contribution in [3.63, 3.8) is 0 Å². The van der Waals surface area contributed by atoms with Crippen molar-refractivity contribution in [2.75, 3.05) is 0 Å². The lowest BCUT2D eigenvalue weighted by atomic mass is 9.83. The molecule has 8 aromatic rings. The number of fused-ring (bicyclic) bond motifs is 1. The second kappa shape index (κ2) is 15.0. The van der Waals surface area contributed by atoms with Crippen LogP contribution in [-0.4, -0.2) is 19.6 Å². The largest absolute Gasteiger partial charge is 0.507 e. The number of nitrogens with zero attached hydrogens (tertiary/aromatic N) is 3. The molecule has 8 rings (SSSR count). The first-order chi connectivity index (χ1) is 31.9. The van der Waals surface area contributed by atoms with Gasteiger partial charge in [0.25, 0.3) is 0 Å². The number of phenols is 1. The molecule has 2 aromatic heterocycles. The van der Waals surface area contributed by atoms with Crippen LogP contribution >= 0.6 is 0 Å². The number of pyridine rings is 1. The van der Waals surface area contributed by atoms with E-state index in [9.17, 15) is 6.48 Å². The van der Waals surface area contributed by atoms with E-state index in [1.165, 1.54) is 0 Å². The van der Waals surface area contributed by atoms with E-state index in [2.05, 4.69) is 18.8 Å². The molecule has 0 spiro atoms. The molecule has 284 valence electrons. The summed E-state index contributed by atoms with van der Waals surface area (Å²) in [7, 11) is 0. The number of rotatable bonds is 8. The van der Waals surface area contributed by atoms with E-state index in [1.54, 1.807) is 18.2 Å². The standard InChI is InChI=1S/C53H51N3O/c1-33(2)39-30-44(34(3)4)51(57)46(31-39)52-55-50-43(20-15-21-49(50)56(52)48-23-22-35(5)26-45(48)37-18-13-10-14-19-37)40-27-41(29-42(28-40)53(6,7)8)47-32-38(24-25-54-47)36-16-11-9-12-17-36/h9-34,57H,1-8H3/i5D3,9D,11D,12D,16D,17D,24D,25D,32D. The van der Waals surface area contributed by atoms with Crippen LogP contribution < -0.4 is 0 Å². The van der Waals surface area contributed by atoms with Crippen LogP contribution in [0.5, 0.6) is 5.75 Å². The highest BCUT2D eigenvalue weighted by atomic mass is 16.3. The van der Waals surface area contributed by atoms with E-state index in [1.807, 2.05) is 118 Å². The maximum atomic E-state index is 12.2. The summed E-state index contributed by atoms with van der Waals surface area (Å²) >= 11 is 0. The van der Waals surface area contributed by atoms with Gasteiger partial charge in [-0.1, -0.05) is 145 Å². The van der Waals surface area contributed by atoms with Gasteiger partial charge >= 0.3 is 0 Å². The first kappa shape index (κ1) is 26.6. The van der Waals surface area contributed by atoms with Crippen molar-refractivity contribution < 1.29 is 20.2 Å². The highest BCUT2D eigenvalue weighted by Crippen LogP contribution is 2.44. The monoisotopic (exact) mass is 756 g/mol. The first-order valence-electron chi connectivity index (χ1n) is 24.7. The zero-order valence-electron chi connectivity index (χ0n) is 44.2. The molecule has 0 radical (unpaired) electrons. The molecule has 0 aliphatic heterocycles. The third-order valence-corrected chi connectivity index (χ3v) is 10.4. The van der Waals surface area contributed by atoms with Crippen LogP contribution in [-0.2, 0) is 5.41 Å². The van der Waals surface area contributed by atoms with Crippen molar-refractivity contribution >= 4 is 11.0 Å². The summed E-state index contributed by atoms with van der Waals surface area (Å²) in [6.45, 7) is 11.9. The predicted octanol–water partition coefficient (Wildman–Crippen LogP) is 14.3. The van der Waals surface area contributed by atoms with E-state index in [0.29, 0.717) is 50.4 Å². The van der Waals surface area contributed by atoms with Gasteiger partial charge < -0.3 is 5.11 Å². The number of phenolic OH excluding ortho intramolecular Hbond substituents is 1. The van der Waals surface area contributed by atoms with E-state index in [-0.39, 0.29) is 46.0 Å². The highest BCUT2D eigenvalue weighted by Gasteiger charge is 2.26. The van der Waals surface area contributed by atoms with E-state index in [0.717, 1.165) is 22.3 Å². The Morgan fingerprint density at radius 3 is 2.18 bits per heavy atom. The van der Waals surface area contributed by atoms with Crippen molar-refractivity contribution in [3.8, 4) is 67.5 Å². The summed E-state index contributed by atoms with van der Waals surface area (Å²) < 4.78 is 96.3. The van der Waals surface area contributed by atoms with Gasteiger partial charge in [0.05, 0.1) is 38.9 Å². The maximum absolute atomic E-state index is 12.2. The zero-order chi connectivity index (χ0) is 49.5. The summed E-state index contributed by atoms with van der Waals surface area (Å²) in [5, 5.41) is 12.2. The third kappa shape index (κ3) is 7.29. The molecule has 0 unspecified atom stereocenters. The molecule has 0 saturated heterocycles. The van der Waals surface area contributed by atoms with Crippen molar-refractivity contribution in [3.05, 3.63) is 168 Å². The lowest BCUT2D eigenvalue weighted by Crippen LogP contribution is -2.11. The molecule has 4 heteroatoms. The Balaban J connectivity index is 1.48. The normalized spacial score (nSPS) is 14.9. The molecular formula is C53H51N3O.